The Hall–Kier alpha value is -4.40. The molecule has 1 saturated carbocycles. The molecule has 2 aliphatic rings. The highest BCUT2D eigenvalue weighted by Crippen LogP contribution is 2.37. The van der Waals surface area contributed by atoms with Crippen molar-refractivity contribution in [2.24, 2.45) is 0 Å². The second-order valence-corrected chi connectivity index (χ2v) is 9.33. The first-order chi connectivity index (χ1) is 17.6. The largest absolute Gasteiger partial charge is 0.345 e. The number of rotatable bonds is 6. The molecule has 0 bridgehead atoms. The smallest absolute Gasteiger partial charge is 0.274 e. The maximum atomic E-state index is 13.0. The molecule has 4 aromatic rings. The Morgan fingerprint density at radius 3 is 2.64 bits per heavy atom. The minimum Gasteiger partial charge on any atom is -0.345 e. The Morgan fingerprint density at radius 1 is 1.00 bits per heavy atom. The standard InChI is InChI=1S/C27H25N7O2/c1-33-12-10-22(27(33)36)23-8-5-19(15-29-23)17-9-11-28-24(14-17)26(35)31-20-4-2-3-18(13-20)25-32-30-16-34(25)21-6-7-21/h2-5,8-9,11,13-16,21-22H,6-7,10,12H2,1H3,(H,31,35). The molecule has 0 spiro atoms. The normalized spacial score (nSPS) is 17.4. The van der Waals surface area contributed by atoms with Gasteiger partial charge in [-0.05, 0) is 55.2 Å². The van der Waals surface area contributed by atoms with E-state index in [1.54, 1.807) is 29.7 Å². The fourth-order valence-electron chi connectivity index (χ4n) is 4.61. The van der Waals surface area contributed by atoms with Crippen LogP contribution in [0.3, 0.4) is 0 Å². The molecule has 9 heteroatoms. The highest BCUT2D eigenvalue weighted by molar-refractivity contribution is 6.03. The number of hydrogen-bond donors (Lipinski definition) is 1. The molecule has 2 fully saturated rings. The fraction of sp³-hybridized carbons (Fsp3) is 0.259. The van der Waals surface area contributed by atoms with Gasteiger partial charge in [-0.15, -0.1) is 10.2 Å². The van der Waals surface area contributed by atoms with Gasteiger partial charge in [-0.1, -0.05) is 18.2 Å². The summed E-state index contributed by atoms with van der Waals surface area (Å²) < 4.78 is 2.09. The van der Waals surface area contributed by atoms with Crippen LogP contribution in [0.15, 0.2) is 67.3 Å². The van der Waals surface area contributed by atoms with E-state index >= 15 is 0 Å². The third-order valence-electron chi connectivity index (χ3n) is 6.79. The van der Waals surface area contributed by atoms with Crippen molar-refractivity contribution in [2.75, 3.05) is 18.9 Å². The monoisotopic (exact) mass is 479 g/mol. The zero-order chi connectivity index (χ0) is 24.6. The molecule has 1 aliphatic carbocycles. The highest BCUT2D eigenvalue weighted by Gasteiger charge is 2.31. The lowest BCUT2D eigenvalue weighted by molar-refractivity contribution is -0.127. The van der Waals surface area contributed by atoms with Gasteiger partial charge in [0.2, 0.25) is 5.91 Å². The second kappa shape index (κ2) is 8.99. The van der Waals surface area contributed by atoms with Gasteiger partial charge in [0.1, 0.15) is 12.0 Å². The van der Waals surface area contributed by atoms with E-state index in [2.05, 4.69) is 30.0 Å². The van der Waals surface area contributed by atoms with Gasteiger partial charge in [0.25, 0.3) is 5.91 Å². The number of hydrogen-bond acceptors (Lipinski definition) is 6. The molecule has 1 unspecified atom stereocenters. The molecule has 1 saturated heterocycles. The summed E-state index contributed by atoms with van der Waals surface area (Å²) in [4.78, 5) is 35.9. The summed E-state index contributed by atoms with van der Waals surface area (Å²) in [6, 6.07) is 15.5. The van der Waals surface area contributed by atoms with Gasteiger partial charge >= 0.3 is 0 Å². The van der Waals surface area contributed by atoms with Crippen LogP contribution in [0.5, 0.6) is 0 Å². The quantitative estimate of drug-likeness (QED) is 0.449. The Morgan fingerprint density at radius 2 is 1.89 bits per heavy atom. The lowest BCUT2D eigenvalue weighted by Gasteiger charge is -2.11. The number of likely N-dealkylation sites (tertiary alicyclic amines) is 1. The van der Waals surface area contributed by atoms with Crippen LogP contribution in [0.2, 0.25) is 0 Å². The van der Waals surface area contributed by atoms with Crippen molar-refractivity contribution in [1.82, 2.24) is 29.6 Å². The van der Waals surface area contributed by atoms with E-state index in [1.807, 2.05) is 49.5 Å². The van der Waals surface area contributed by atoms with E-state index < -0.39 is 0 Å². The van der Waals surface area contributed by atoms with Gasteiger partial charge in [-0.2, -0.15) is 0 Å². The van der Waals surface area contributed by atoms with Crippen molar-refractivity contribution in [1.29, 1.82) is 0 Å². The highest BCUT2D eigenvalue weighted by atomic mass is 16.2. The summed E-state index contributed by atoms with van der Waals surface area (Å²) in [5.74, 6) is 0.420. The fourth-order valence-corrected chi connectivity index (χ4v) is 4.61. The zero-order valence-corrected chi connectivity index (χ0v) is 19.8. The van der Waals surface area contributed by atoms with Gasteiger partial charge < -0.3 is 14.8 Å². The summed E-state index contributed by atoms with van der Waals surface area (Å²) in [7, 11) is 1.82. The van der Waals surface area contributed by atoms with Crippen LogP contribution in [0.25, 0.3) is 22.5 Å². The molecule has 1 N–H and O–H groups in total. The summed E-state index contributed by atoms with van der Waals surface area (Å²) >= 11 is 0. The van der Waals surface area contributed by atoms with Gasteiger partial charge in [0, 0.05) is 48.8 Å². The van der Waals surface area contributed by atoms with Crippen LogP contribution >= 0.6 is 0 Å². The first kappa shape index (κ1) is 22.1. The number of amides is 2. The van der Waals surface area contributed by atoms with Crippen molar-refractivity contribution in [3.63, 3.8) is 0 Å². The first-order valence-electron chi connectivity index (χ1n) is 12.1. The molecular formula is C27H25N7O2. The Labute approximate surface area is 208 Å². The minimum atomic E-state index is -0.304. The van der Waals surface area contributed by atoms with Crippen LogP contribution < -0.4 is 5.32 Å². The van der Waals surface area contributed by atoms with Crippen LogP contribution in [-0.2, 0) is 4.79 Å². The Kier molecular flexibility index (Phi) is 5.52. The number of nitrogens with one attached hydrogen (secondary N) is 1. The third kappa shape index (κ3) is 4.24. The SMILES string of the molecule is CN1CCC(c2ccc(-c3ccnc(C(=O)Nc4cccc(-c5nncn5C5CC5)c4)c3)cn2)C1=O. The van der Waals surface area contributed by atoms with Gasteiger partial charge in [-0.3, -0.25) is 19.6 Å². The van der Waals surface area contributed by atoms with E-state index in [1.165, 1.54) is 0 Å². The van der Waals surface area contributed by atoms with E-state index in [0.29, 0.717) is 17.4 Å². The Balaban J connectivity index is 1.19. The van der Waals surface area contributed by atoms with E-state index in [4.69, 9.17) is 0 Å². The summed E-state index contributed by atoms with van der Waals surface area (Å²) in [5, 5.41) is 11.3. The van der Waals surface area contributed by atoms with Gasteiger partial charge in [0.15, 0.2) is 5.82 Å². The lowest BCUT2D eigenvalue weighted by Crippen LogP contribution is -2.22. The van der Waals surface area contributed by atoms with Crippen LogP contribution in [0.4, 0.5) is 5.69 Å². The second-order valence-electron chi connectivity index (χ2n) is 9.33. The molecular weight excluding hydrogens is 454 g/mol. The third-order valence-corrected chi connectivity index (χ3v) is 6.79. The Bertz CT molecular complexity index is 1440. The number of likely N-dealkylation sites (N-methyl/N-ethyl adjacent to an activating group) is 1. The van der Waals surface area contributed by atoms with Gasteiger partial charge in [-0.25, -0.2) is 0 Å². The van der Waals surface area contributed by atoms with Gasteiger partial charge in [0.05, 0.1) is 11.6 Å². The number of nitrogens with zero attached hydrogens (tertiary/aromatic N) is 6. The number of anilines is 1. The maximum absolute atomic E-state index is 13.0. The van der Waals surface area contributed by atoms with Crippen molar-refractivity contribution >= 4 is 17.5 Å². The molecule has 4 heterocycles. The first-order valence-corrected chi connectivity index (χ1v) is 12.1. The van der Waals surface area contributed by atoms with Crippen molar-refractivity contribution < 1.29 is 9.59 Å². The van der Waals surface area contributed by atoms with Crippen LogP contribution in [0, 0.1) is 0 Å². The number of carbonyl (C=O) groups excluding carboxylic acids is 2. The molecule has 1 atom stereocenters. The van der Waals surface area contributed by atoms with E-state index in [0.717, 1.165) is 54.0 Å². The maximum Gasteiger partial charge on any atom is 0.274 e. The average Bonchev–Trinajstić information content (AvgIpc) is 3.54. The predicted molar refractivity (Wildman–Crippen MR) is 134 cm³/mol. The molecule has 180 valence electrons. The molecule has 36 heavy (non-hydrogen) atoms. The molecule has 0 radical (unpaired) electrons. The van der Waals surface area contributed by atoms with Crippen LogP contribution in [0.1, 0.15) is 47.4 Å². The molecule has 1 aromatic carbocycles. The number of pyridine rings is 2. The zero-order valence-electron chi connectivity index (χ0n) is 19.8. The van der Waals surface area contributed by atoms with Crippen molar-refractivity contribution in [2.45, 2.75) is 31.2 Å². The van der Waals surface area contributed by atoms with E-state index in [-0.39, 0.29) is 17.7 Å². The number of benzene rings is 1. The number of carbonyl (C=O) groups is 2. The minimum absolute atomic E-state index is 0.106. The summed E-state index contributed by atoms with van der Waals surface area (Å²) in [6.45, 7) is 0.749. The van der Waals surface area contributed by atoms with E-state index in [9.17, 15) is 9.59 Å². The molecule has 6 rings (SSSR count). The molecule has 9 nitrogen and oxygen atoms in total. The van der Waals surface area contributed by atoms with Crippen molar-refractivity contribution in [3.05, 3.63) is 78.6 Å². The average molecular weight is 480 g/mol. The topological polar surface area (TPSA) is 106 Å². The summed E-state index contributed by atoms with van der Waals surface area (Å²) in [6.07, 6.45) is 8.18. The summed E-state index contributed by atoms with van der Waals surface area (Å²) in [5.41, 5.74) is 4.32. The molecule has 2 amide bonds. The number of aromatic nitrogens is 5. The van der Waals surface area contributed by atoms with Crippen LogP contribution in [-0.4, -0.2) is 55.0 Å². The molecule has 1 aliphatic heterocycles. The lowest BCUT2D eigenvalue weighted by atomic mass is 10.0. The predicted octanol–water partition coefficient (Wildman–Crippen LogP) is 3.94. The van der Waals surface area contributed by atoms with Crippen molar-refractivity contribution in [3.8, 4) is 22.5 Å². The molecule has 3 aromatic heterocycles.